The molecule has 3 nitrogen and oxygen atoms in total. The van der Waals surface area contributed by atoms with Gasteiger partial charge in [0.1, 0.15) is 11.6 Å². The van der Waals surface area contributed by atoms with Gasteiger partial charge < -0.3 is 10.4 Å². The maximum Gasteiger partial charge on any atom is 0.254 e. The first kappa shape index (κ1) is 13.8. The Kier molecular flexibility index (Phi) is 5.28. The van der Waals surface area contributed by atoms with Crippen LogP contribution >= 0.6 is 11.8 Å². The molecular formula is C12H16FNO2S. The van der Waals surface area contributed by atoms with Gasteiger partial charge in [0, 0.05) is 12.6 Å². The molecule has 5 heteroatoms. The zero-order valence-corrected chi connectivity index (χ0v) is 10.7. The molecule has 0 aliphatic rings. The molecule has 0 aliphatic heterocycles. The summed E-state index contributed by atoms with van der Waals surface area (Å²) in [6.07, 6.45) is 2.00. The van der Waals surface area contributed by atoms with Gasteiger partial charge in [0.15, 0.2) is 0 Å². The number of phenolic OH excluding ortho intramolecular Hbond substituents is 1. The largest absolute Gasteiger partial charge is 0.508 e. The van der Waals surface area contributed by atoms with E-state index in [1.807, 2.05) is 13.2 Å². The van der Waals surface area contributed by atoms with Crippen molar-refractivity contribution in [1.82, 2.24) is 5.32 Å². The Hall–Kier alpha value is -1.23. The number of halogens is 1. The standard InChI is InChI=1S/C12H16FNO2S/c1-8(7-17-2)6-14-12(16)10-4-3-9(15)5-11(10)13/h3-5,8,15H,6-7H2,1-2H3,(H,14,16). The molecule has 0 aliphatic carbocycles. The van der Waals surface area contributed by atoms with Crippen LogP contribution in [0.4, 0.5) is 4.39 Å². The van der Waals surface area contributed by atoms with Gasteiger partial charge in [-0.05, 0) is 30.1 Å². The molecule has 1 unspecified atom stereocenters. The zero-order valence-electron chi connectivity index (χ0n) is 9.87. The molecule has 94 valence electrons. The number of benzene rings is 1. The van der Waals surface area contributed by atoms with E-state index in [9.17, 15) is 9.18 Å². The van der Waals surface area contributed by atoms with Gasteiger partial charge in [0.2, 0.25) is 0 Å². The number of nitrogens with one attached hydrogen (secondary N) is 1. The van der Waals surface area contributed by atoms with Crippen LogP contribution in [0, 0.1) is 11.7 Å². The lowest BCUT2D eigenvalue weighted by atomic mass is 10.1. The highest BCUT2D eigenvalue weighted by molar-refractivity contribution is 7.98. The SMILES string of the molecule is CSCC(C)CNC(=O)c1ccc(O)cc1F. The number of carbonyl (C=O) groups is 1. The third kappa shape index (κ3) is 4.26. The van der Waals surface area contributed by atoms with Gasteiger partial charge in [-0.2, -0.15) is 11.8 Å². The number of amides is 1. The zero-order chi connectivity index (χ0) is 12.8. The fraction of sp³-hybridized carbons (Fsp3) is 0.417. The number of hydrogen-bond donors (Lipinski definition) is 2. The minimum atomic E-state index is -0.708. The summed E-state index contributed by atoms with van der Waals surface area (Å²) in [4.78, 5) is 11.6. The van der Waals surface area contributed by atoms with E-state index in [-0.39, 0.29) is 11.3 Å². The number of aromatic hydroxyl groups is 1. The molecule has 17 heavy (non-hydrogen) atoms. The van der Waals surface area contributed by atoms with Crippen LogP contribution in [-0.2, 0) is 0 Å². The maximum absolute atomic E-state index is 13.3. The third-order valence-electron chi connectivity index (χ3n) is 2.26. The molecule has 2 N–H and O–H groups in total. The van der Waals surface area contributed by atoms with Crippen LogP contribution in [0.2, 0.25) is 0 Å². The predicted molar refractivity (Wildman–Crippen MR) is 67.9 cm³/mol. The second-order valence-corrected chi connectivity index (χ2v) is 4.85. The summed E-state index contributed by atoms with van der Waals surface area (Å²) in [5.74, 6) is -0.0578. The van der Waals surface area contributed by atoms with Gasteiger partial charge in [-0.3, -0.25) is 4.79 Å². The van der Waals surface area contributed by atoms with E-state index in [4.69, 9.17) is 5.11 Å². The fourth-order valence-electron chi connectivity index (χ4n) is 1.39. The minimum Gasteiger partial charge on any atom is -0.508 e. The highest BCUT2D eigenvalue weighted by atomic mass is 32.2. The first-order chi connectivity index (χ1) is 8.04. The van der Waals surface area contributed by atoms with E-state index in [0.717, 1.165) is 11.8 Å². The molecule has 0 fully saturated rings. The van der Waals surface area contributed by atoms with Crippen molar-refractivity contribution in [2.24, 2.45) is 5.92 Å². The van der Waals surface area contributed by atoms with Gasteiger partial charge in [0.05, 0.1) is 5.56 Å². The van der Waals surface area contributed by atoms with E-state index in [1.165, 1.54) is 12.1 Å². The Balaban J connectivity index is 2.58. The molecule has 0 saturated heterocycles. The molecule has 0 bridgehead atoms. The summed E-state index contributed by atoms with van der Waals surface area (Å²) in [6, 6.07) is 3.50. The van der Waals surface area contributed by atoms with Crippen molar-refractivity contribution in [3.05, 3.63) is 29.6 Å². The van der Waals surface area contributed by atoms with Crippen molar-refractivity contribution in [2.45, 2.75) is 6.92 Å². The molecule has 0 spiro atoms. The average Bonchev–Trinajstić information content (AvgIpc) is 2.26. The van der Waals surface area contributed by atoms with Crippen LogP contribution in [0.25, 0.3) is 0 Å². The number of rotatable bonds is 5. The molecule has 1 aromatic carbocycles. The Morgan fingerprint density at radius 1 is 1.59 bits per heavy atom. The molecule has 1 aromatic rings. The van der Waals surface area contributed by atoms with Crippen molar-refractivity contribution >= 4 is 17.7 Å². The Bertz CT molecular complexity index is 398. The fourth-order valence-corrected chi connectivity index (χ4v) is 2.08. The number of hydrogen-bond acceptors (Lipinski definition) is 3. The summed E-state index contributed by atoms with van der Waals surface area (Å²) >= 11 is 1.70. The van der Waals surface area contributed by atoms with Crippen molar-refractivity contribution in [3.63, 3.8) is 0 Å². The summed E-state index contributed by atoms with van der Waals surface area (Å²) in [5.41, 5.74) is -0.0425. The quantitative estimate of drug-likeness (QED) is 0.850. The molecule has 0 saturated carbocycles. The number of carbonyl (C=O) groups excluding carboxylic acids is 1. The van der Waals surface area contributed by atoms with Crippen LogP contribution in [0.5, 0.6) is 5.75 Å². The lowest BCUT2D eigenvalue weighted by Gasteiger charge is -2.11. The molecule has 0 heterocycles. The number of thioether (sulfide) groups is 1. The van der Waals surface area contributed by atoms with Gasteiger partial charge in [0.25, 0.3) is 5.91 Å². The lowest BCUT2D eigenvalue weighted by molar-refractivity contribution is 0.0945. The Morgan fingerprint density at radius 2 is 2.29 bits per heavy atom. The molecule has 0 aromatic heterocycles. The second kappa shape index (κ2) is 6.49. The van der Waals surface area contributed by atoms with E-state index >= 15 is 0 Å². The highest BCUT2D eigenvalue weighted by Crippen LogP contribution is 2.15. The Labute approximate surface area is 104 Å². The number of phenols is 1. The van der Waals surface area contributed by atoms with Crippen molar-refractivity contribution in [3.8, 4) is 5.75 Å². The maximum atomic E-state index is 13.3. The lowest BCUT2D eigenvalue weighted by Crippen LogP contribution is -2.29. The van der Waals surface area contributed by atoms with E-state index in [1.54, 1.807) is 11.8 Å². The summed E-state index contributed by atoms with van der Waals surface area (Å²) in [5, 5.41) is 11.7. The molecule has 1 amide bonds. The van der Waals surface area contributed by atoms with E-state index in [0.29, 0.717) is 12.5 Å². The summed E-state index contributed by atoms with van der Waals surface area (Å²) in [6.45, 7) is 2.53. The molecule has 1 rings (SSSR count). The Morgan fingerprint density at radius 3 is 2.88 bits per heavy atom. The smallest absolute Gasteiger partial charge is 0.254 e. The van der Waals surface area contributed by atoms with Crippen molar-refractivity contribution < 1.29 is 14.3 Å². The molecule has 1 atom stereocenters. The van der Waals surface area contributed by atoms with Crippen LogP contribution in [0.3, 0.4) is 0 Å². The van der Waals surface area contributed by atoms with E-state index in [2.05, 4.69) is 5.32 Å². The predicted octanol–water partition coefficient (Wildman–Crippen LogP) is 2.26. The van der Waals surface area contributed by atoms with Crippen molar-refractivity contribution in [2.75, 3.05) is 18.6 Å². The van der Waals surface area contributed by atoms with E-state index < -0.39 is 11.7 Å². The van der Waals surface area contributed by atoms with Crippen LogP contribution < -0.4 is 5.32 Å². The topological polar surface area (TPSA) is 49.3 Å². The van der Waals surface area contributed by atoms with Crippen LogP contribution in [0.1, 0.15) is 17.3 Å². The highest BCUT2D eigenvalue weighted by Gasteiger charge is 2.12. The third-order valence-corrected chi connectivity index (χ3v) is 3.16. The first-order valence-electron chi connectivity index (χ1n) is 5.30. The van der Waals surface area contributed by atoms with Crippen molar-refractivity contribution in [1.29, 1.82) is 0 Å². The van der Waals surface area contributed by atoms with Gasteiger partial charge in [-0.15, -0.1) is 0 Å². The molecule has 0 radical (unpaired) electrons. The van der Waals surface area contributed by atoms with Gasteiger partial charge in [-0.1, -0.05) is 6.92 Å². The normalized spacial score (nSPS) is 12.2. The monoisotopic (exact) mass is 257 g/mol. The summed E-state index contributed by atoms with van der Waals surface area (Å²) in [7, 11) is 0. The van der Waals surface area contributed by atoms with Gasteiger partial charge in [-0.25, -0.2) is 4.39 Å². The minimum absolute atomic E-state index is 0.0425. The van der Waals surface area contributed by atoms with Crippen LogP contribution in [0.15, 0.2) is 18.2 Å². The molecular weight excluding hydrogens is 241 g/mol. The van der Waals surface area contributed by atoms with Gasteiger partial charge >= 0.3 is 0 Å². The first-order valence-corrected chi connectivity index (χ1v) is 6.69. The van der Waals surface area contributed by atoms with Crippen LogP contribution in [-0.4, -0.2) is 29.6 Å². The second-order valence-electron chi connectivity index (χ2n) is 3.93. The average molecular weight is 257 g/mol. The summed E-state index contributed by atoms with van der Waals surface area (Å²) < 4.78 is 13.3.